The summed E-state index contributed by atoms with van der Waals surface area (Å²) in [6, 6.07) is 7.70. The van der Waals surface area contributed by atoms with E-state index in [4.69, 9.17) is 4.52 Å². The molecule has 24 heavy (non-hydrogen) atoms. The first kappa shape index (κ1) is 14.7. The van der Waals surface area contributed by atoms with E-state index in [2.05, 4.69) is 20.4 Å². The Bertz CT molecular complexity index is 869. The van der Waals surface area contributed by atoms with Gasteiger partial charge >= 0.3 is 6.03 Å². The number of anilines is 1. The first-order chi connectivity index (χ1) is 11.7. The lowest BCUT2D eigenvalue weighted by molar-refractivity contribution is 0.184. The van der Waals surface area contributed by atoms with Crippen molar-refractivity contribution in [2.75, 3.05) is 18.4 Å². The molecule has 3 aromatic rings. The third kappa shape index (κ3) is 2.73. The van der Waals surface area contributed by atoms with Crippen molar-refractivity contribution in [2.24, 2.45) is 0 Å². The van der Waals surface area contributed by atoms with Gasteiger partial charge in [0.05, 0.1) is 11.6 Å². The Morgan fingerprint density at radius 1 is 1.42 bits per heavy atom. The summed E-state index contributed by atoms with van der Waals surface area (Å²) in [5.41, 5.74) is 1.82. The maximum absolute atomic E-state index is 12.7. The number of hydrogen-bond acceptors (Lipinski definition) is 4. The first-order valence-corrected chi connectivity index (χ1v) is 8.13. The van der Waals surface area contributed by atoms with Crippen LogP contribution in [0.25, 0.3) is 10.9 Å². The third-order valence-corrected chi connectivity index (χ3v) is 4.44. The van der Waals surface area contributed by atoms with Gasteiger partial charge < -0.3 is 19.7 Å². The molecule has 0 saturated carbocycles. The van der Waals surface area contributed by atoms with Gasteiger partial charge in [0.1, 0.15) is 0 Å². The average Bonchev–Trinajstić information content (AvgIpc) is 3.24. The number of fused-ring (bicyclic) bond motifs is 1. The highest BCUT2D eigenvalue weighted by Crippen LogP contribution is 2.27. The smallest absolute Gasteiger partial charge is 0.321 e. The summed E-state index contributed by atoms with van der Waals surface area (Å²) in [7, 11) is 0. The molecule has 1 atom stereocenters. The number of carbonyl (C=O) groups excluding carboxylic acids is 1. The molecule has 0 bridgehead atoms. The minimum Gasteiger partial charge on any atom is -0.361 e. The quantitative estimate of drug-likeness (QED) is 0.757. The lowest BCUT2D eigenvalue weighted by Gasteiger charge is -2.31. The monoisotopic (exact) mass is 325 g/mol. The molecular formula is C17H19N5O2. The number of nitrogens with one attached hydrogen (secondary N) is 2. The summed E-state index contributed by atoms with van der Waals surface area (Å²) in [5.74, 6) is 1.36. The zero-order chi connectivity index (χ0) is 16.5. The zero-order valence-electron chi connectivity index (χ0n) is 13.5. The van der Waals surface area contributed by atoms with Gasteiger partial charge in [0.2, 0.25) is 5.89 Å². The van der Waals surface area contributed by atoms with E-state index in [-0.39, 0.29) is 11.9 Å². The Morgan fingerprint density at radius 2 is 2.33 bits per heavy atom. The molecule has 7 nitrogen and oxygen atoms in total. The molecule has 0 spiro atoms. The van der Waals surface area contributed by atoms with E-state index >= 15 is 0 Å². The van der Waals surface area contributed by atoms with Crippen LogP contribution in [0.2, 0.25) is 0 Å². The Morgan fingerprint density at radius 3 is 3.17 bits per heavy atom. The topological polar surface area (TPSA) is 87.0 Å². The molecule has 1 aliphatic heterocycles. The molecule has 124 valence electrons. The van der Waals surface area contributed by atoms with Crippen molar-refractivity contribution in [3.05, 3.63) is 42.2 Å². The van der Waals surface area contributed by atoms with Gasteiger partial charge in [-0.2, -0.15) is 4.98 Å². The zero-order valence-corrected chi connectivity index (χ0v) is 13.5. The molecule has 4 rings (SSSR count). The molecule has 1 fully saturated rings. The lowest BCUT2D eigenvalue weighted by atomic mass is 9.98. The van der Waals surface area contributed by atoms with Crippen LogP contribution in [0.4, 0.5) is 10.5 Å². The molecule has 1 aliphatic rings. The van der Waals surface area contributed by atoms with Crippen molar-refractivity contribution in [3.63, 3.8) is 0 Å². The number of nitrogens with zero attached hydrogens (tertiary/aromatic N) is 3. The number of piperidine rings is 1. The van der Waals surface area contributed by atoms with Gasteiger partial charge in [-0.1, -0.05) is 11.2 Å². The molecule has 7 heteroatoms. The van der Waals surface area contributed by atoms with Crippen LogP contribution in [-0.2, 0) is 0 Å². The number of benzene rings is 1. The highest BCUT2D eigenvalue weighted by Gasteiger charge is 2.28. The number of aromatic nitrogens is 3. The SMILES string of the molecule is Cc1noc(C2CCCN(C(=O)Nc3cccc4[nH]ccc34)C2)n1. The molecule has 0 radical (unpaired) electrons. The maximum Gasteiger partial charge on any atom is 0.321 e. The molecule has 1 unspecified atom stereocenters. The first-order valence-electron chi connectivity index (χ1n) is 8.13. The van der Waals surface area contributed by atoms with E-state index in [0.717, 1.165) is 36.0 Å². The van der Waals surface area contributed by atoms with E-state index in [0.29, 0.717) is 18.3 Å². The van der Waals surface area contributed by atoms with Crippen LogP contribution < -0.4 is 5.32 Å². The van der Waals surface area contributed by atoms with Crippen molar-refractivity contribution in [3.8, 4) is 0 Å². The van der Waals surface area contributed by atoms with E-state index in [1.165, 1.54) is 0 Å². The largest absolute Gasteiger partial charge is 0.361 e. The Labute approximate surface area is 139 Å². The average molecular weight is 325 g/mol. The predicted molar refractivity (Wildman–Crippen MR) is 89.9 cm³/mol. The Balaban J connectivity index is 1.49. The molecule has 3 heterocycles. The number of urea groups is 1. The summed E-state index contributed by atoms with van der Waals surface area (Å²) >= 11 is 0. The number of amides is 2. The van der Waals surface area contributed by atoms with E-state index in [1.54, 1.807) is 6.92 Å². The lowest BCUT2D eigenvalue weighted by Crippen LogP contribution is -2.41. The van der Waals surface area contributed by atoms with Crippen molar-refractivity contribution in [1.82, 2.24) is 20.0 Å². The Kier molecular flexibility index (Phi) is 3.68. The van der Waals surface area contributed by atoms with Gasteiger partial charge in [0, 0.05) is 30.2 Å². The summed E-state index contributed by atoms with van der Waals surface area (Å²) in [6.45, 7) is 3.13. The number of hydrogen-bond donors (Lipinski definition) is 2. The normalized spacial score (nSPS) is 18.0. The fourth-order valence-corrected chi connectivity index (χ4v) is 3.23. The highest BCUT2D eigenvalue weighted by atomic mass is 16.5. The summed E-state index contributed by atoms with van der Waals surface area (Å²) in [6.07, 6.45) is 3.75. The van der Waals surface area contributed by atoms with Crippen molar-refractivity contribution in [1.29, 1.82) is 0 Å². The summed E-state index contributed by atoms with van der Waals surface area (Å²) in [5, 5.41) is 7.87. The number of likely N-dealkylation sites (tertiary alicyclic amines) is 1. The fourth-order valence-electron chi connectivity index (χ4n) is 3.23. The van der Waals surface area contributed by atoms with Crippen LogP contribution in [-0.4, -0.2) is 39.1 Å². The molecule has 0 aliphatic carbocycles. The standard InChI is InChI=1S/C17H19N5O2/c1-11-19-16(24-21-11)12-4-3-9-22(10-12)17(23)20-15-6-2-5-14-13(15)7-8-18-14/h2,5-8,12,18H,3-4,9-10H2,1H3,(H,20,23). The van der Waals surface area contributed by atoms with Crippen LogP contribution >= 0.6 is 0 Å². The summed E-state index contributed by atoms with van der Waals surface area (Å²) < 4.78 is 5.27. The van der Waals surface area contributed by atoms with Crippen LogP contribution in [0, 0.1) is 6.92 Å². The number of H-pyrrole nitrogens is 1. The van der Waals surface area contributed by atoms with Crippen LogP contribution in [0.5, 0.6) is 0 Å². The van der Waals surface area contributed by atoms with Crippen LogP contribution in [0.3, 0.4) is 0 Å². The highest BCUT2D eigenvalue weighted by molar-refractivity contribution is 6.00. The molecule has 1 aromatic carbocycles. The van der Waals surface area contributed by atoms with Gasteiger partial charge in [-0.3, -0.25) is 0 Å². The van der Waals surface area contributed by atoms with E-state index < -0.39 is 0 Å². The number of aryl methyl sites for hydroxylation is 1. The van der Waals surface area contributed by atoms with E-state index in [9.17, 15) is 4.79 Å². The number of rotatable bonds is 2. The second-order valence-electron chi connectivity index (χ2n) is 6.14. The second kappa shape index (κ2) is 5.99. The van der Waals surface area contributed by atoms with Crippen LogP contribution in [0.15, 0.2) is 35.0 Å². The maximum atomic E-state index is 12.7. The van der Waals surface area contributed by atoms with Gasteiger partial charge in [0.25, 0.3) is 0 Å². The number of aromatic amines is 1. The number of carbonyl (C=O) groups is 1. The van der Waals surface area contributed by atoms with Crippen molar-refractivity contribution < 1.29 is 9.32 Å². The molecule has 2 amide bonds. The molecule has 2 N–H and O–H groups in total. The van der Waals surface area contributed by atoms with Crippen molar-refractivity contribution in [2.45, 2.75) is 25.7 Å². The van der Waals surface area contributed by atoms with Gasteiger partial charge in [-0.05, 0) is 38.0 Å². The minimum absolute atomic E-state index is 0.0929. The molecular weight excluding hydrogens is 306 g/mol. The van der Waals surface area contributed by atoms with Gasteiger partial charge in [-0.15, -0.1) is 0 Å². The van der Waals surface area contributed by atoms with Crippen LogP contribution in [0.1, 0.15) is 30.5 Å². The van der Waals surface area contributed by atoms with Crippen molar-refractivity contribution >= 4 is 22.6 Å². The third-order valence-electron chi connectivity index (χ3n) is 4.44. The fraction of sp³-hybridized carbons (Fsp3) is 0.353. The van der Waals surface area contributed by atoms with E-state index in [1.807, 2.05) is 35.4 Å². The second-order valence-corrected chi connectivity index (χ2v) is 6.14. The summed E-state index contributed by atoms with van der Waals surface area (Å²) in [4.78, 5) is 21.9. The molecule has 1 saturated heterocycles. The minimum atomic E-state index is -0.0929. The molecule has 2 aromatic heterocycles. The van der Waals surface area contributed by atoms with Gasteiger partial charge in [-0.25, -0.2) is 4.79 Å². The predicted octanol–water partition coefficient (Wildman–Crippen LogP) is 3.27. The Hall–Kier alpha value is -2.83. The van der Waals surface area contributed by atoms with Gasteiger partial charge in [0.15, 0.2) is 5.82 Å².